The molecule has 0 aliphatic carbocycles. The zero-order chi connectivity index (χ0) is 10.4. The van der Waals surface area contributed by atoms with Crippen molar-refractivity contribution in [3.63, 3.8) is 0 Å². The van der Waals surface area contributed by atoms with Gasteiger partial charge in [0.25, 0.3) is 0 Å². The van der Waals surface area contributed by atoms with Gasteiger partial charge in [0.05, 0.1) is 6.10 Å². The third-order valence-electron chi connectivity index (χ3n) is 3.15. The summed E-state index contributed by atoms with van der Waals surface area (Å²) in [5.41, 5.74) is 0. The van der Waals surface area contributed by atoms with Crippen molar-refractivity contribution < 1.29 is 9.47 Å². The van der Waals surface area contributed by atoms with Gasteiger partial charge in [-0.2, -0.15) is 0 Å². The van der Waals surface area contributed by atoms with Crippen molar-refractivity contribution in [2.24, 2.45) is 5.92 Å². The number of nitrogens with one attached hydrogen (secondary N) is 1. The van der Waals surface area contributed by atoms with Gasteiger partial charge in [0.2, 0.25) is 0 Å². The third-order valence-corrected chi connectivity index (χ3v) is 3.15. The number of hydrogen-bond acceptors (Lipinski definition) is 3. The van der Waals surface area contributed by atoms with Crippen LogP contribution in [0.4, 0.5) is 0 Å². The van der Waals surface area contributed by atoms with Gasteiger partial charge in [-0.3, -0.25) is 0 Å². The topological polar surface area (TPSA) is 30.5 Å². The largest absolute Gasteiger partial charge is 0.381 e. The molecule has 3 heteroatoms. The minimum atomic E-state index is 0.287. The molecule has 0 saturated carbocycles. The second kappa shape index (κ2) is 6.38. The van der Waals surface area contributed by atoms with Crippen molar-refractivity contribution in [3.8, 4) is 0 Å². The fraction of sp³-hybridized carbons (Fsp3) is 1.00. The van der Waals surface area contributed by atoms with Crippen LogP contribution in [0.1, 0.15) is 26.7 Å². The molecule has 1 aliphatic heterocycles. The van der Waals surface area contributed by atoms with E-state index in [1.165, 1.54) is 12.8 Å². The van der Waals surface area contributed by atoms with E-state index in [-0.39, 0.29) is 6.10 Å². The normalized spacial score (nSPS) is 23.4. The molecule has 14 heavy (non-hydrogen) atoms. The summed E-state index contributed by atoms with van der Waals surface area (Å²) in [4.78, 5) is 0. The van der Waals surface area contributed by atoms with Crippen LogP contribution in [-0.4, -0.2) is 39.0 Å². The third kappa shape index (κ3) is 3.95. The van der Waals surface area contributed by atoms with E-state index in [1.54, 1.807) is 7.11 Å². The summed E-state index contributed by atoms with van der Waals surface area (Å²) in [6.07, 6.45) is 2.68. The average Bonchev–Trinajstić information content (AvgIpc) is 2.26. The first kappa shape index (κ1) is 12.0. The summed E-state index contributed by atoms with van der Waals surface area (Å²) in [5, 5.41) is 3.52. The maximum absolute atomic E-state index is 5.32. The van der Waals surface area contributed by atoms with Crippen molar-refractivity contribution in [2.75, 3.05) is 26.9 Å². The van der Waals surface area contributed by atoms with Crippen molar-refractivity contribution in [1.29, 1.82) is 0 Å². The lowest BCUT2D eigenvalue weighted by atomic mass is 10.00. The van der Waals surface area contributed by atoms with Gasteiger partial charge in [-0.05, 0) is 39.2 Å². The van der Waals surface area contributed by atoms with E-state index in [1.807, 2.05) is 0 Å². The minimum absolute atomic E-state index is 0.287. The van der Waals surface area contributed by atoms with E-state index in [4.69, 9.17) is 9.47 Å². The maximum atomic E-state index is 5.32. The van der Waals surface area contributed by atoms with Crippen LogP contribution in [0.25, 0.3) is 0 Å². The standard InChI is InChI=1S/C11H23NO2/c1-9(10(2)13-3)12-8-11-4-6-14-7-5-11/h9-12H,4-8H2,1-3H3. The Morgan fingerprint density at radius 3 is 2.57 bits per heavy atom. The van der Waals surface area contributed by atoms with Gasteiger partial charge >= 0.3 is 0 Å². The van der Waals surface area contributed by atoms with Gasteiger partial charge in [0.15, 0.2) is 0 Å². The molecule has 1 saturated heterocycles. The number of rotatable bonds is 5. The molecule has 0 spiro atoms. The highest BCUT2D eigenvalue weighted by Gasteiger charge is 2.16. The summed E-state index contributed by atoms with van der Waals surface area (Å²) < 4.78 is 10.6. The molecule has 2 unspecified atom stereocenters. The predicted octanol–water partition coefficient (Wildman–Crippen LogP) is 1.43. The van der Waals surface area contributed by atoms with E-state index in [2.05, 4.69) is 19.2 Å². The Morgan fingerprint density at radius 2 is 2.00 bits per heavy atom. The molecule has 84 valence electrons. The Hall–Kier alpha value is -0.120. The number of methoxy groups -OCH3 is 1. The molecule has 3 nitrogen and oxygen atoms in total. The van der Waals surface area contributed by atoms with Gasteiger partial charge in [-0.1, -0.05) is 0 Å². The van der Waals surface area contributed by atoms with Gasteiger partial charge < -0.3 is 14.8 Å². The first-order valence-corrected chi connectivity index (χ1v) is 5.58. The molecule has 0 aromatic heterocycles. The molecule has 1 heterocycles. The average molecular weight is 201 g/mol. The first-order chi connectivity index (χ1) is 6.74. The Kier molecular flexibility index (Phi) is 5.45. The Morgan fingerprint density at radius 1 is 1.36 bits per heavy atom. The molecule has 0 aromatic carbocycles. The molecule has 0 amide bonds. The first-order valence-electron chi connectivity index (χ1n) is 5.58. The molecule has 1 aliphatic rings. The molecule has 0 bridgehead atoms. The maximum Gasteiger partial charge on any atom is 0.0693 e. The molecular weight excluding hydrogens is 178 g/mol. The van der Waals surface area contributed by atoms with Crippen LogP contribution in [-0.2, 0) is 9.47 Å². The van der Waals surface area contributed by atoms with Crippen LogP contribution in [0.3, 0.4) is 0 Å². The van der Waals surface area contributed by atoms with Crippen LogP contribution in [0.15, 0.2) is 0 Å². The number of ether oxygens (including phenoxy) is 2. The van der Waals surface area contributed by atoms with Crippen LogP contribution < -0.4 is 5.32 Å². The lowest BCUT2D eigenvalue weighted by Gasteiger charge is -2.26. The highest BCUT2D eigenvalue weighted by Crippen LogP contribution is 2.13. The highest BCUT2D eigenvalue weighted by atomic mass is 16.5. The molecule has 0 aromatic rings. The van der Waals surface area contributed by atoms with E-state index >= 15 is 0 Å². The van der Waals surface area contributed by atoms with E-state index < -0.39 is 0 Å². The Labute approximate surface area is 87.2 Å². The molecule has 0 radical (unpaired) electrons. The summed E-state index contributed by atoms with van der Waals surface area (Å²) in [5.74, 6) is 0.787. The summed E-state index contributed by atoms with van der Waals surface area (Å²) in [7, 11) is 1.76. The lowest BCUT2D eigenvalue weighted by molar-refractivity contribution is 0.0580. The van der Waals surface area contributed by atoms with E-state index in [9.17, 15) is 0 Å². The van der Waals surface area contributed by atoms with Crippen molar-refractivity contribution in [2.45, 2.75) is 38.8 Å². The van der Waals surface area contributed by atoms with Gasteiger partial charge in [0.1, 0.15) is 0 Å². The second-order valence-corrected chi connectivity index (χ2v) is 4.19. The predicted molar refractivity (Wildman–Crippen MR) is 57.5 cm³/mol. The fourth-order valence-electron chi connectivity index (χ4n) is 1.67. The molecule has 2 atom stereocenters. The van der Waals surface area contributed by atoms with Gasteiger partial charge in [-0.25, -0.2) is 0 Å². The Bertz CT molecular complexity index is 144. The van der Waals surface area contributed by atoms with Crippen molar-refractivity contribution in [3.05, 3.63) is 0 Å². The van der Waals surface area contributed by atoms with Gasteiger partial charge in [0, 0.05) is 26.4 Å². The molecule has 1 N–H and O–H groups in total. The summed E-state index contributed by atoms with van der Waals surface area (Å²) in [6.45, 7) is 7.23. The number of hydrogen-bond donors (Lipinski definition) is 1. The van der Waals surface area contributed by atoms with Crippen LogP contribution >= 0.6 is 0 Å². The quantitative estimate of drug-likeness (QED) is 0.730. The summed E-state index contributed by atoms with van der Waals surface area (Å²) >= 11 is 0. The molecule has 1 fully saturated rings. The van der Waals surface area contributed by atoms with E-state index in [0.717, 1.165) is 25.7 Å². The van der Waals surface area contributed by atoms with E-state index in [0.29, 0.717) is 6.04 Å². The van der Waals surface area contributed by atoms with Crippen molar-refractivity contribution in [1.82, 2.24) is 5.32 Å². The highest BCUT2D eigenvalue weighted by molar-refractivity contribution is 4.72. The summed E-state index contributed by atoms with van der Waals surface area (Å²) in [6, 6.07) is 0.433. The zero-order valence-electron chi connectivity index (χ0n) is 9.58. The van der Waals surface area contributed by atoms with Crippen LogP contribution in [0, 0.1) is 5.92 Å². The SMILES string of the molecule is COC(C)C(C)NCC1CCOCC1. The molecule has 1 rings (SSSR count). The molecular formula is C11H23NO2. The second-order valence-electron chi connectivity index (χ2n) is 4.19. The lowest BCUT2D eigenvalue weighted by Crippen LogP contribution is -2.40. The fourth-order valence-corrected chi connectivity index (χ4v) is 1.67. The van der Waals surface area contributed by atoms with Crippen molar-refractivity contribution >= 4 is 0 Å². The van der Waals surface area contributed by atoms with Gasteiger partial charge in [-0.15, -0.1) is 0 Å². The zero-order valence-corrected chi connectivity index (χ0v) is 9.58. The van der Waals surface area contributed by atoms with Crippen LogP contribution in [0.5, 0.6) is 0 Å². The van der Waals surface area contributed by atoms with Crippen LogP contribution in [0.2, 0.25) is 0 Å². The minimum Gasteiger partial charge on any atom is -0.381 e. The monoisotopic (exact) mass is 201 g/mol. The Balaban J connectivity index is 2.12. The smallest absolute Gasteiger partial charge is 0.0693 e.